The van der Waals surface area contributed by atoms with Crippen LogP contribution in [0.3, 0.4) is 0 Å². The second kappa shape index (κ2) is 7.20. The van der Waals surface area contributed by atoms with Gasteiger partial charge in [0, 0.05) is 25.2 Å². The van der Waals surface area contributed by atoms with Crippen molar-refractivity contribution in [2.24, 2.45) is 0 Å². The van der Waals surface area contributed by atoms with Crippen molar-refractivity contribution in [1.82, 2.24) is 14.5 Å². The Kier molecular flexibility index (Phi) is 5.84. The Balaban J connectivity index is 1.87. The van der Waals surface area contributed by atoms with Crippen LogP contribution in [0.25, 0.3) is 0 Å². The van der Waals surface area contributed by atoms with Gasteiger partial charge in [-0.05, 0) is 52.2 Å². The van der Waals surface area contributed by atoms with E-state index in [1.807, 2.05) is 0 Å². The summed E-state index contributed by atoms with van der Waals surface area (Å²) in [5, 5.41) is 3.39. The molecule has 1 aliphatic heterocycles. The normalized spacial score (nSPS) is 26.6. The second-order valence-electron chi connectivity index (χ2n) is 6.19. The molecule has 0 radical (unpaired) electrons. The number of sulfonamides is 1. The fourth-order valence-electron chi connectivity index (χ4n) is 2.89. The maximum Gasteiger partial charge on any atom is 0.214 e. The summed E-state index contributed by atoms with van der Waals surface area (Å²) in [7, 11) is -1.02. The molecule has 20 heavy (non-hydrogen) atoms. The van der Waals surface area contributed by atoms with Gasteiger partial charge in [-0.3, -0.25) is 0 Å². The largest absolute Gasteiger partial charge is 0.314 e. The van der Waals surface area contributed by atoms with Gasteiger partial charge in [-0.25, -0.2) is 8.42 Å². The van der Waals surface area contributed by atoms with Gasteiger partial charge < -0.3 is 10.2 Å². The van der Waals surface area contributed by atoms with Crippen LogP contribution in [0.2, 0.25) is 0 Å². The summed E-state index contributed by atoms with van der Waals surface area (Å²) in [4.78, 5) is 2.25. The monoisotopic (exact) mass is 303 g/mol. The maximum atomic E-state index is 12.6. The van der Waals surface area contributed by atoms with Crippen molar-refractivity contribution >= 4 is 10.0 Å². The molecule has 2 aliphatic rings. The zero-order valence-electron chi connectivity index (χ0n) is 12.8. The van der Waals surface area contributed by atoms with E-state index in [-0.39, 0.29) is 11.8 Å². The molecule has 118 valence electrons. The zero-order valence-corrected chi connectivity index (χ0v) is 13.7. The smallest absolute Gasteiger partial charge is 0.214 e. The lowest BCUT2D eigenvalue weighted by Gasteiger charge is -2.29. The van der Waals surface area contributed by atoms with Gasteiger partial charge in [0.2, 0.25) is 10.0 Å². The Morgan fingerprint density at radius 1 is 1.25 bits per heavy atom. The van der Waals surface area contributed by atoms with E-state index in [1.165, 1.54) is 12.8 Å². The third kappa shape index (κ3) is 4.69. The molecule has 5 nitrogen and oxygen atoms in total. The lowest BCUT2D eigenvalue weighted by atomic mass is 10.2. The van der Waals surface area contributed by atoms with Gasteiger partial charge in [-0.1, -0.05) is 6.92 Å². The number of nitrogens with one attached hydrogen (secondary N) is 1. The van der Waals surface area contributed by atoms with Gasteiger partial charge in [-0.15, -0.1) is 0 Å². The highest BCUT2D eigenvalue weighted by atomic mass is 32.2. The van der Waals surface area contributed by atoms with Crippen molar-refractivity contribution in [2.75, 3.05) is 39.0 Å². The Morgan fingerprint density at radius 2 is 2.00 bits per heavy atom. The van der Waals surface area contributed by atoms with Crippen molar-refractivity contribution in [3.8, 4) is 0 Å². The summed E-state index contributed by atoms with van der Waals surface area (Å²) in [6, 6.07) is 0.803. The topological polar surface area (TPSA) is 52.7 Å². The standard InChI is InChI=1S/C14H29N3O2S/c1-3-14-12-16(2)9-5-10-17(14)20(18,19)11-4-8-15-13-6-7-13/h13-15H,3-12H2,1-2H3. The lowest BCUT2D eigenvalue weighted by Crippen LogP contribution is -2.44. The van der Waals surface area contributed by atoms with E-state index >= 15 is 0 Å². The summed E-state index contributed by atoms with van der Waals surface area (Å²) < 4.78 is 26.9. The van der Waals surface area contributed by atoms with Gasteiger partial charge in [-0.2, -0.15) is 4.31 Å². The van der Waals surface area contributed by atoms with E-state index in [1.54, 1.807) is 4.31 Å². The highest BCUT2D eigenvalue weighted by Crippen LogP contribution is 2.19. The molecule has 0 aromatic rings. The first-order valence-electron chi connectivity index (χ1n) is 7.94. The van der Waals surface area contributed by atoms with Gasteiger partial charge in [0.1, 0.15) is 0 Å². The molecule has 1 saturated carbocycles. The molecular weight excluding hydrogens is 274 g/mol. The van der Waals surface area contributed by atoms with Crippen molar-refractivity contribution in [2.45, 2.75) is 51.1 Å². The van der Waals surface area contributed by atoms with Crippen LogP contribution in [-0.4, -0.2) is 68.7 Å². The molecule has 2 rings (SSSR count). The Morgan fingerprint density at radius 3 is 2.65 bits per heavy atom. The molecule has 1 aliphatic carbocycles. The van der Waals surface area contributed by atoms with Crippen LogP contribution >= 0.6 is 0 Å². The van der Waals surface area contributed by atoms with Crippen LogP contribution in [0.1, 0.15) is 39.0 Å². The molecule has 0 aromatic carbocycles. The molecule has 0 bridgehead atoms. The Bertz CT molecular complexity index is 395. The van der Waals surface area contributed by atoms with Crippen LogP contribution in [0.5, 0.6) is 0 Å². The van der Waals surface area contributed by atoms with E-state index < -0.39 is 10.0 Å². The number of nitrogens with zero attached hydrogens (tertiary/aromatic N) is 2. The van der Waals surface area contributed by atoms with Crippen LogP contribution in [0.4, 0.5) is 0 Å². The summed E-state index contributed by atoms with van der Waals surface area (Å²) in [6.07, 6.45) is 5.06. The van der Waals surface area contributed by atoms with Gasteiger partial charge in [0.05, 0.1) is 5.75 Å². The summed E-state index contributed by atoms with van der Waals surface area (Å²) in [5.41, 5.74) is 0. The molecule has 0 spiro atoms. The van der Waals surface area contributed by atoms with Crippen molar-refractivity contribution < 1.29 is 8.42 Å². The fraction of sp³-hybridized carbons (Fsp3) is 1.00. The molecule has 1 atom stereocenters. The molecule has 0 aromatic heterocycles. The third-order valence-corrected chi connectivity index (χ3v) is 6.27. The second-order valence-corrected chi connectivity index (χ2v) is 8.23. The van der Waals surface area contributed by atoms with E-state index in [2.05, 4.69) is 24.2 Å². The number of rotatable bonds is 7. The molecule has 0 amide bonds. The fourth-order valence-corrected chi connectivity index (χ4v) is 4.71. The van der Waals surface area contributed by atoms with Crippen LogP contribution in [0.15, 0.2) is 0 Å². The molecule has 1 N–H and O–H groups in total. The molecule has 1 unspecified atom stereocenters. The molecule has 1 saturated heterocycles. The zero-order chi connectivity index (χ0) is 14.6. The van der Waals surface area contributed by atoms with Gasteiger partial charge >= 0.3 is 0 Å². The predicted octanol–water partition coefficient (Wildman–Crippen LogP) is 0.874. The summed E-state index contributed by atoms with van der Waals surface area (Å²) in [6.45, 7) is 5.44. The van der Waals surface area contributed by atoms with Crippen LogP contribution < -0.4 is 5.32 Å². The van der Waals surface area contributed by atoms with Crippen molar-refractivity contribution in [3.05, 3.63) is 0 Å². The number of hydrogen-bond donors (Lipinski definition) is 1. The van der Waals surface area contributed by atoms with Crippen molar-refractivity contribution in [1.29, 1.82) is 0 Å². The van der Waals surface area contributed by atoms with Gasteiger partial charge in [0.15, 0.2) is 0 Å². The minimum Gasteiger partial charge on any atom is -0.314 e. The first-order chi connectivity index (χ1) is 9.53. The average Bonchev–Trinajstić information content (AvgIpc) is 3.21. The SMILES string of the molecule is CCC1CN(C)CCCN1S(=O)(=O)CCCNC1CC1. The molecule has 1 heterocycles. The Labute approximate surface area is 123 Å². The first kappa shape index (κ1) is 16.2. The molecule has 2 fully saturated rings. The minimum absolute atomic E-state index is 0.142. The van der Waals surface area contributed by atoms with E-state index in [4.69, 9.17) is 0 Å². The summed E-state index contributed by atoms with van der Waals surface area (Å²) in [5.74, 6) is 0.285. The number of hydrogen-bond acceptors (Lipinski definition) is 4. The van der Waals surface area contributed by atoms with Crippen LogP contribution in [-0.2, 0) is 10.0 Å². The van der Waals surface area contributed by atoms with Crippen molar-refractivity contribution in [3.63, 3.8) is 0 Å². The average molecular weight is 303 g/mol. The Hall–Kier alpha value is -0.170. The van der Waals surface area contributed by atoms with Gasteiger partial charge in [0.25, 0.3) is 0 Å². The lowest BCUT2D eigenvalue weighted by molar-refractivity contribution is 0.270. The summed E-state index contributed by atoms with van der Waals surface area (Å²) >= 11 is 0. The minimum atomic E-state index is -3.10. The van der Waals surface area contributed by atoms with E-state index in [0.717, 1.165) is 38.9 Å². The maximum absolute atomic E-state index is 12.6. The highest BCUT2D eigenvalue weighted by Gasteiger charge is 2.31. The highest BCUT2D eigenvalue weighted by molar-refractivity contribution is 7.89. The third-order valence-electron chi connectivity index (χ3n) is 4.27. The first-order valence-corrected chi connectivity index (χ1v) is 9.55. The van der Waals surface area contributed by atoms with E-state index in [0.29, 0.717) is 12.6 Å². The van der Waals surface area contributed by atoms with E-state index in [9.17, 15) is 8.42 Å². The predicted molar refractivity (Wildman–Crippen MR) is 82.3 cm³/mol. The quantitative estimate of drug-likeness (QED) is 0.709. The molecular formula is C14H29N3O2S. The molecule has 6 heteroatoms. The van der Waals surface area contributed by atoms with Crippen LogP contribution in [0, 0.1) is 0 Å². The number of likely N-dealkylation sites (N-methyl/N-ethyl adjacent to an activating group) is 1.